The summed E-state index contributed by atoms with van der Waals surface area (Å²) in [5.74, 6) is -0.210. The monoisotopic (exact) mass is 229 g/mol. The summed E-state index contributed by atoms with van der Waals surface area (Å²) in [4.78, 5) is 0. The van der Waals surface area contributed by atoms with Gasteiger partial charge in [0.2, 0.25) is 0 Å². The van der Waals surface area contributed by atoms with Crippen molar-refractivity contribution in [3.8, 4) is 0 Å². The van der Waals surface area contributed by atoms with Gasteiger partial charge in [0.05, 0.1) is 5.69 Å². The lowest BCUT2D eigenvalue weighted by molar-refractivity contribution is 0.627. The van der Waals surface area contributed by atoms with Gasteiger partial charge in [-0.25, -0.2) is 4.39 Å². The van der Waals surface area contributed by atoms with E-state index in [1.807, 2.05) is 50.2 Å². The van der Waals surface area contributed by atoms with Crippen LogP contribution in [0.3, 0.4) is 0 Å². The highest BCUT2D eigenvalue weighted by atomic mass is 19.1. The van der Waals surface area contributed by atoms with Crippen molar-refractivity contribution in [1.82, 2.24) is 0 Å². The molecule has 0 aromatic heterocycles. The molecule has 0 spiro atoms. The quantitative estimate of drug-likeness (QED) is 0.827. The van der Waals surface area contributed by atoms with E-state index in [0.29, 0.717) is 5.69 Å². The molecule has 1 N–H and O–H groups in total. The summed E-state index contributed by atoms with van der Waals surface area (Å²) in [7, 11) is 0. The molecule has 0 heterocycles. The summed E-state index contributed by atoms with van der Waals surface area (Å²) in [5, 5.41) is 3.19. The lowest BCUT2D eigenvalue weighted by Crippen LogP contribution is -2.07. The van der Waals surface area contributed by atoms with Crippen LogP contribution in [-0.2, 0) is 0 Å². The van der Waals surface area contributed by atoms with E-state index in [9.17, 15) is 4.39 Å². The summed E-state index contributed by atoms with van der Waals surface area (Å²) in [6.45, 7) is 3.98. The summed E-state index contributed by atoms with van der Waals surface area (Å²) >= 11 is 0. The summed E-state index contributed by atoms with van der Waals surface area (Å²) < 4.78 is 13.6. The fourth-order valence-electron chi connectivity index (χ4n) is 1.81. The predicted molar refractivity (Wildman–Crippen MR) is 69.6 cm³/mol. The van der Waals surface area contributed by atoms with E-state index in [1.54, 1.807) is 6.07 Å². The van der Waals surface area contributed by atoms with Crippen LogP contribution in [0.4, 0.5) is 10.1 Å². The molecule has 0 aliphatic carbocycles. The normalized spacial score (nSPS) is 12.2. The molecular weight excluding hydrogens is 213 g/mol. The average Bonchev–Trinajstić information content (AvgIpc) is 2.35. The minimum absolute atomic E-state index is 0.0903. The molecule has 2 aromatic rings. The van der Waals surface area contributed by atoms with Gasteiger partial charge in [-0.15, -0.1) is 0 Å². The Hall–Kier alpha value is -1.83. The van der Waals surface area contributed by atoms with Crippen molar-refractivity contribution in [3.63, 3.8) is 0 Å². The standard InChI is InChI=1S/C15H16FN/c1-11-8-9-14(16)15(10-11)17-12(2)13-6-4-3-5-7-13/h3-10,12,17H,1-2H3. The maximum absolute atomic E-state index is 13.6. The Balaban J connectivity index is 2.18. The molecule has 88 valence electrons. The van der Waals surface area contributed by atoms with Gasteiger partial charge in [-0.05, 0) is 37.1 Å². The van der Waals surface area contributed by atoms with Crippen LogP contribution in [0.5, 0.6) is 0 Å². The first-order valence-corrected chi connectivity index (χ1v) is 5.74. The molecule has 0 radical (unpaired) electrons. The smallest absolute Gasteiger partial charge is 0.146 e. The summed E-state index contributed by atoms with van der Waals surface area (Å²) in [6, 6.07) is 15.2. The van der Waals surface area contributed by atoms with Gasteiger partial charge in [0.1, 0.15) is 5.82 Å². The Labute approximate surface area is 101 Å². The van der Waals surface area contributed by atoms with E-state index in [0.717, 1.165) is 11.1 Å². The van der Waals surface area contributed by atoms with Crippen LogP contribution in [-0.4, -0.2) is 0 Å². The Morgan fingerprint density at radius 1 is 1.06 bits per heavy atom. The highest BCUT2D eigenvalue weighted by Crippen LogP contribution is 2.22. The number of halogens is 1. The Bertz CT molecular complexity index is 494. The first-order valence-electron chi connectivity index (χ1n) is 5.74. The van der Waals surface area contributed by atoms with Crippen LogP contribution in [0.2, 0.25) is 0 Å². The van der Waals surface area contributed by atoms with Gasteiger partial charge in [-0.1, -0.05) is 36.4 Å². The molecular formula is C15H16FN. The fourth-order valence-corrected chi connectivity index (χ4v) is 1.81. The second-order valence-corrected chi connectivity index (χ2v) is 4.26. The highest BCUT2D eigenvalue weighted by Gasteiger charge is 2.07. The maximum Gasteiger partial charge on any atom is 0.146 e. The molecule has 1 nitrogen and oxygen atoms in total. The minimum atomic E-state index is -0.210. The Morgan fingerprint density at radius 2 is 1.76 bits per heavy atom. The van der Waals surface area contributed by atoms with Gasteiger partial charge < -0.3 is 5.32 Å². The van der Waals surface area contributed by atoms with E-state index in [4.69, 9.17) is 0 Å². The SMILES string of the molecule is Cc1ccc(F)c(NC(C)c2ccccc2)c1. The number of benzene rings is 2. The molecule has 0 aliphatic heterocycles. The van der Waals surface area contributed by atoms with Gasteiger partial charge in [-0.3, -0.25) is 0 Å². The van der Waals surface area contributed by atoms with Crippen molar-refractivity contribution in [2.75, 3.05) is 5.32 Å². The van der Waals surface area contributed by atoms with Crippen molar-refractivity contribution >= 4 is 5.69 Å². The number of anilines is 1. The number of aryl methyl sites for hydroxylation is 1. The largest absolute Gasteiger partial charge is 0.376 e. The molecule has 0 saturated carbocycles. The van der Waals surface area contributed by atoms with Gasteiger partial charge >= 0.3 is 0 Å². The second-order valence-electron chi connectivity index (χ2n) is 4.26. The molecule has 0 aliphatic rings. The van der Waals surface area contributed by atoms with Crippen LogP contribution in [0.25, 0.3) is 0 Å². The van der Waals surface area contributed by atoms with Gasteiger partial charge in [0, 0.05) is 6.04 Å². The molecule has 0 bridgehead atoms. The third kappa shape index (κ3) is 2.84. The van der Waals surface area contributed by atoms with Crippen LogP contribution in [0.15, 0.2) is 48.5 Å². The molecule has 2 rings (SSSR count). The van der Waals surface area contributed by atoms with Crippen LogP contribution >= 0.6 is 0 Å². The molecule has 1 unspecified atom stereocenters. The van der Waals surface area contributed by atoms with Gasteiger partial charge in [0.15, 0.2) is 0 Å². The Kier molecular flexibility index (Phi) is 3.43. The zero-order chi connectivity index (χ0) is 12.3. The van der Waals surface area contributed by atoms with Crippen LogP contribution in [0.1, 0.15) is 24.1 Å². The van der Waals surface area contributed by atoms with E-state index in [-0.39, 0.29) is 11.9 Å². The number of rotatable bonds is 3. The molecule has 17 heavy (non-hydrogen) atoms. The number of hydrogen-bond acceptors (Lipinski definition) is 1. The van der Waals surface area contributed by atoms with E-state index >= 15 is 0 Å². The molecule has 0 amide bonds. The first kappa shape index (κ1) is 11.6. The zero-order valence-corrected chi connectivity index (χ0v) is 10.1. The highest BCUT2D eigenvalue weighted by molar-refractivity contribution is 5.48. The first-order chi connectivity index (χ1) is 8.16. The number of nitrogens with one attached hydrogen (secondary N) is 1. The van der Waals surface area contributed by atoms with Crippen molar-refractivity contribution in [2.45, 2.75) is 19.9 Å². The lowest BCUT2D eigenvalue weighted by atomic mass is 10.1. The Morgan fingerprint density at radius 3 is 2.47 bits per heavy atom. The van der Waals surface area contributed by atoms with Crippen molar-refractivity contribution in [1.29, 1.82) is 0 Å². The summed E-state index contributed by atoms with van der Waals surface area (Å²) in [5.41, 5.74) is 2.75. The van der Waals surface area contributed by atoms with E-state index in [2.05, 4.69) is 5.32 Å². The zero-order valence-electron chi connectivity index (χ0n) is 10.1. The third-order valence-corrected chi connectivity index (χ3v) is 2.79. The molecule has 0 fully saturated rings. The van der Waals surface area contributed by atoms with E-state index < -0.39 is 0 Å². The van der Waals surface area contributed by atoms with Crippen molar-refractivity contribution in [2.24, 2.45) is 0 Å². The van der Waals surface area contributed by atoms with Gasteiger partial charge in [0.25, 0.3) is 0 Å². The van der Waals surface area contributed by atoms with Crippen LogP contribution in [0, 0.1) is 12.7 Å². The molecule has 1 atom stereocenters. The maximum atomic E-state index is 13.6. The predicted octanol–water partition coefficient (Wildman–Crippen LogP) is 4.31. The lowest BCUT2D eigenvalue weighted by Gasteiger charge is -2.16. The fraction of sp³-hybridized carbons (Fsp3) is 0.200. The van der Waals surface area contributed by atoms with Crippen molar-refractivity contribution < 1.29 is 4.39 Å². The molecule has 2 heteroatoms. The number of hydrogen-bond donors (Lipinski definition) is 1. The van der Waals surface area contributed by atoms with Crippen LogP contribution < -0.4 is 5.32 Å². The van der Waals surface area contributed by atoms with Crippen molar-refractivity contribution in [3.05, 3.63) is 65.5 Å². The van der Waals surface area contributed by atoms with Gasteiger partial charge in [-0.2, -0.15) is 0 Å². The summed E-state index contributed by atoms with van der Waals surface area (Å²) in [6.07, 6.45) is 0. The van der Waals surface area contributed by atoms with E-state index in [1.165, 1.54) is 6.07 Å². The second kappa shape index (κ2) is 5.00. The third-order valence-electron chi connectivity index (χ3n) is 2.79. The molecule has 0 saturated heterocycles. The average molecular weight is 229 g/mol. The minimum Gasteiger partial charge on any atom is -0.376 e. The molecule has 2 aromatic carbocycles. The topological polar surface area (TPSA) is 12.0 Å².